The zero-order valence-electron chi connectivity index (χ0n) is 19.3. The molecule has 202 valence electrons. The number of hydrogen-bond donors (Lipinski definition) is 4. The molecule has 0 aliphatic carbocycles. The number of aromatic nitrogens is 3. The number of carbonyl (C=O) groups is 3. The Morgan fingerprint density at radius 2 is 2.21 bits per heavy atom. The Labute approximate surface area is 227 Å². The molecule has 2 aliphatic rings. The Morgan fingerprint density at radius 1 is 1.45 bits per heavy atom. The number of carboxylic acids is 1. The van der Waals surface area contributed by atoms with Gasteiger partial charge < -0.3 is 29.8 Å². The number of amides is 2. The summed E-state index contributed by atoms with van der Waals surface area (Å²) in [5.41, 5.74) is -0.274. The molecule has 0 radical (unpaired) electrons. The molecular formula is C19H19ClN7O8PS2. The van der Waals surface area contributed by atoms with Crippen LogP contribution in [0.15, 0.2) is 41.0 Å². The second kappa shape index (κ2) is 11.3. The van der Waals surface area contributed by atoms with Gasteiger partial charge in [-0.2, -0.15) is 13.9 Å². The Bertz CT molecular complexity index is 1400. The minimum Gasteiger partial charge on any atom is -0.543 e. The number of thioether (sulfide) groups is 1. The van der Waals surface area contributed by atoms with E-state index in [1.807, 2.05) is 5.09 Å². The number of carboxylic acid groups (broad SMARTS) is 1. The maximum absolute atomic E-state index is 13.0. The lowest BCUT2D eigenvalue weighted by molar-refractivity contribution is -0.689. The Kier molecular flexibility index (Phi) is 8.34. The summed E-state index contributed by atoms with van der Waals surface area (Å²) >= 11 is 7.83. The predicted molar refractivity (Wildman–Crippen MR) is 132 cm³/mol. The van der Waals surface area contributed by atoms with E-state index in [1.54, 1.807) is 36.0 Å². The van der Waals surface area contributed by atoms with Gasteiger partial charge in [0.05, 0.1) is 11.7 Å². The molecule has 0 saturated carbocycles. The van der Waals surface area contributed by atoms with Gasteiger partial charge in [-0.05, 0) is 13.0 Å². The van der Waals surface area contributed by atoms with Crippen molar-refractivity contribution in [1.82, 2.24) is 19.6 Å². The molecule has 38 heavy (non-hydrogen) atoms. The molecule has 4 N–H and O–H groups in total. The fourth-order valence-corrected chi connectivity index (χ4v) is 6.39. The van der Waals surface area contributed by atoms with Gasteiger partial charge in [-0.3, -0.25) is 19.6 Å². The maximum atomic E-state index is 13.0. The van der Waals surface area contributed by atoms with Crippen molar-refractivity contribution in [3.63, 3.8) is 0 Å². The Morgan fingerprint density at radius 3 is 2.87 bits per heavy atom. The summed E-state index contributed by atoms with van der Waals surface area (Å²) in [6, 6.07) is 2.27. The van der Waals surface area contributed by atoms with E-state index in [9.17, 15) is 24.1 Å². The van der Waals surface area contributed by atoms with Crippen molar-refractivity contribution >= 4 is 71.3 Å². The topological polar surface area (TPSA) is 210 Å². The third-order valence-corrected chi connectivity index (χ3v) is 7.95. The molecule has 2 aromatic heterocycles. The van der Waals surface area contributed by atoms with Crippen LogP contribution in [0.2, 0.25) is 5.02 Å². The molecule has 0 aromatic carbocycles. The number of halogens is 1. The van der Waals surface area contributed by atoms with E-state index < -0.39 is 42.7 Å². The number of pyridine rings is 1. The van der Waals surface area contributed by atoms with E-state index in [0.717, 1.165) is 4.90 Å². The molecule has 2 atom stereocenters. The standard InChI is InChI=1S/C19H19ClN7O8PS2/c1-2-35-23-11(14-22-19(38-25-14)24-36(32,33)34)15(28)21-12-16(29)27-13(18(30)31)9(8-37-17(12)27)6-26-5-3-4-10(20)7-26/h3-5,7,12,17H,2,6,8H2,1H3,(H4-,21,22,24,25,28,30,31,32,33,34)/t12?,17-/m0/s1. The van der Waals surface area contributed by atoms with Gasteiger partial charge in [0.25, 0.3) is 11.8 Å². The Hall–Kier alpha value is -3.08. The lowest BCUT2D eigenvalue weighted by atomic mass is 10.0. The van der Waals surface area contributed by atoms with Gasteiger partial charge in [0.2, 0.25) is 16.7 Å². The average molecular weight is 604 g/mol. The van der Waals surface area contributed by atoms with Crippen molar-refractivity contribution in [3.05, 3.63) is 46.6 Å². The number of nitrogens with zero attached hydrogens (tertiary/aromatic N) is 5. The number of β-lactam (4-membered cyclic amide) rings is 1. The molecule has 2 aliphatic heterocycles. The zero-order valence-corrected chi connectivity index (χ0v) is 22.6. The molecule has 2 aromatic rings. The molecular weight excluding hydrogens is 585 g/mol. The third kappa shape index (κ3) is 6.14. The SMILES string of the molecule is CCON=C(C(=O)NC1C(=O)N2C(C(=O)[O-])=C(C[n+]3cccc(Cl)c3)CS[C@@H]12)c1nsc(NP(=O)(O)O)n1. The number of anilines is 1. The highest BCUT2D eigenvalue weighted by atomic mass is 35.5. The number of rotatable bonds is 10. The molecule has 4 heterocycles. The van der Waals surface area contributed by atoms with Gasteiger partial charge in [0.15, 0.2) is 18.9 Å². The predicted octanol–water partition coefficient (Wildman–Crippen LogP) is -1.17. The lowest BCUT2D eigenvalue weighted by Gasteiger charge is -2.50. The molecule has 4 rings (SSSR count). The number of aliphatic carboxylic acids is 1. The van der Waals surface area contributed by atoms with Gasteiger partial charge in [-0.25, -0.2) is 4.57 Å². The summed E-state index contributed by atoms with van der Waals surface area (Å²) < 4.78 is 16.7. The first-order chi connectivity index (χ1) is 18.0. The van der Waals surface area contributed by atoms with E-state index in [0.29, 0.717) is 22.1 Å². The van der Waals surface area contributed by atoms with Crippen LogP contribution in [0.4, 0.5) is 5.13 Å². The van der Waals surface area contributed by atoms with Crippen molar-refractivity contribution in [1.29, 1.82) is 0 Å². The van der Waals surface area contributed by atoms with E-state index in [4.69, 9.17) is 26.2 Å². The maximum Gasteiger partial charge on any atom is 0.429 e. The van der Waals surface area contributed by atoms with E-state index >= 15 is 0 Å². The van der Waals surface area contributed by atoms with E-state index in [-0.39, 0.29) is 35.6 Å². The first kappa shape index (κ1) is 27.9. The summed E-state index contributed by atoms with van der Waals surface area (Å²) in [5.74, 6) is -3.16. The number of nitrogens with one attached hydrogen (secondary N) is 2. The minimum atomic E-state index is -4.67. The molecule has 0 bridgehead atoms. The van der Waals surface area contributed by atoms with Crippen LogP contribution >= 0.6 is 42.6 Å². The first-order valence-corrected chi connectivity index (χ1v) is 14.5. The van der Waals surface area contributed by atoms with Crippen molar-refractivity contribution < 1.29 is 43.2 Å². The van der Waals surface area contributed by atoms with Gasteiger partial charge >= 0.3 is 7.75 Å². The number of oxime groups is 1. The van der Waals surface area contributed by atoms with Gasteiger partial charge in [-0.1, -0.05) is 16.8 Å². The largest absolute Gasteiger partial charge is 0.543 e. The van der Waals surface area contributed by atoms with Gasteiger partial charge in [0, 0.05) is 28.9 Å². The third-order valence-electron chi connectivity index (χ3n) is 5.10. The molecule has 19 heteroatoms. The van der Waals surface area contributed by atoms with Crippen LogP contribution < -0.4 is 20.1 Å². The second-order valence-electron chi connectivity index (χ2n) is 7.73. The number of hydrogen-bond acceptors (Lipinski definition) is 11. The summed E-state index contributed by atoms with van der Waals surface area (Å²) in [5, 5.41) is 19.5. The van der Waals surface area contributed by atoms with Gasteiger partial charge in [0.1, 0.15) is 23.0 Å². The van der Waals surface area contributed by atoms with Crippen LogP contribution in [0, 0.1) is 0 Å². The molecule has 1 saturated heterocycles. The smallest absolute Gasteiger partial charge is 0.429 e. The highest BCUT2D eigenvalue weighted by Gasteiger charge is 2.53. The highest BCUT2D eigenvalue weighted by molar-refractivity contribution is 8.00. The number of fused-ring (bicyclic) bond motifs is 1. The van der Waals surface area contributed by atoms with Crippen LogP contribution in [0.1, 0.15) is 12.7 Å². The van der Waals surface area contributed by atoms with Crippen LogP contribution in [0.5, 0.6) is 0 Å². The molecule has 2 amide bonds. The van der Waals surface area contributed by atoms with E-state index in [1.165, 1.54) is 11.8 Å². The Balaban J connectivity index is 1.52. The van der Waals surface area contributed by atoms with Crippen molar-refractivity contribution in [3.8, 4) is 0 Å². The van der Waals surface area contributed by atoms with Crippen molar-refractivity contribution in [2.45, 2.75) is 24.9 Å². The second-order valence-corrected chi connectivity index (χ2v) is 11.3. The summed E-state index contributed by atoms with van der Waals surface area (Å²) in [4.78, 5) is 65.9. The minimum absolute atomic E-state index is 0.0797. The molecule has 0 spiro atoms. The fourth-order valence-electron chi connectivity index (χ4n) is 3.61. The van der Waals surface area contributed by atoms with Crippen LogP contribution in [0.3, 0.4) is 0 Å². The summed E-state index contributed by atoms with van der Waals surface area (Å²) in [6.07, 6.45) is 3.32. The van der Waals surface area contributed by atoms with E-state index in [2.05, 4.69) is 19.8 Å². The average Bonchev–Trinajstić information content (AvgIpc) is 3.28. The van der Waals surface area contributed by atoms with Crippen molar-refractivity contribution in [2.24, 2.45) is 5.16 Å². The normalized spacial score (nSPS) is 19.5. The zero-order chi connectivity index (χ0) is 27.6. The monoisotopic (exact) mass is 603 g/mol. The van der Waals surface area contributed by atoms with Gasteiger partial charge in [-0.15, -0.1) is 11.8 Å². The first-order valence-electron chi connectivity index (χ1n) is 10.7. The van der Waals surface area contributed by atoms with Crippen molar-refractivity contribution in [2.75, 3.05) is 17.4 Å². The highest BCUT2D eigenvalue weighted by Crippen LogP contribution is 2.40. The number of carbonyl (C=O) groups excluding carboxylic acids is 3. The summed E-state index contributed by atoms with van der Waals surface area (Å²) in [7, 11) is -4.67. The molecule has 15 nitrogen and oxygen atoms in total. The van der Waals surface area contributed by atoms with Crippen LogP contribution in [-0.4, -0.2) is 71.3 Å². The quantitative estimate of drug-likeness (QED) is 0.0832. The molecule has 1 fully saturated rings. The summed E-state index contributed by atoms with van der Waals surface area (Å²) in [6.45, 7) is 1.85. The van der Waals surface area contributed by atoms with Crippen LogP contribution in [0.25, 0.3) is 0 Å². The van der Waals surface area contributed by atoms with Crippen LogP contribution in [-0.2, 0) is 30.3 Å². The molecule has 1 unspecified atom stereocenters. The fraction of sp³-hybridized carbons (Fsp3) is 0.316. The lowest BCUT2D eigenvalue weighted by Crippen LogP contribution is -2.71.